The van der Waals surface area contributed by atoms with Crippen LogP contribution in [0.3, 0.4) is 0 Å². The molecule has 0 spiro atoms. The molecule has 1 saturated heterocycles. The summed E-state index contributed by atoms with van der Waals surface area (Å²) in [6.07, 6.45) is -3.77. The Labute approximate surface area is 198 Å². The fourth-order valence-corrected chi connectivity index (χ4v) is 5.42. The van der Waals surface area contributed by atoms with Crippen LogP contribution in [0, 0.1) is 0 Å². The van der Waals surface area contributed by atoms with E-state index in [1.54, 1.807) is 43.3 Å². The first-order valence-corrected chi connectivity index (χ1v) is 12.1. The molecule has 4 heterocycles. The molecule has 34 heavy (non-hydrogen) atoms. The highest BCUT2D eigenvalue weighted by Gasteiger charge is 2.57. The number of hydrogen-bond donors (Lipinski definition) is 2. The number of aliphatic hydroxyl groups is 1. The van der Waals surface area contributed by atoms with Gasteiger partial charge in [0.15, 0.2) is 40.9 Å². The SMILES string of the molecule is CN(C)c1nc(N)nc2c1ncn2[C@@H]1O[C@](CCl)(COP2(=O)Oc3ccccc3O2)[C@@H](O)[C@H]1F. The van der Waals surface area contributed by atoms with Crippen LogP contribution in [0.15, 0.2) is 30.6 Å². The van der Waals surface area contributed by atoms with Crippen molar-refractivity contribution in [2.24, 2.45) is 0 Å². The lowest BCUT2D eigenvalue weighted by atomic mass is 9.99. The van der Waals surface area contributed by atoms with Crippen LogP contribution in [0.25, 0.3) is 11.2 Å². The molecule has 5 rings (SSSR count). The summed E-state index contributed by atoms with van der Waals surface area (Å²) in [4.78, 5) is 14.3. The lowest BCUT2D eigenvalue weighted by molar-refractivity contribution is -0.110. The second-order valence-corrected chi connectivity index (χ2v) is 9.85. The second kappa shape index (κ2) is 8.21. The fraction of sp³-hybridized carbons (Fsp3) is 0.421. The number of fused-ring (bicyclic) bond motifs is 2. The van der Waals surface area contributed by atoms with E-state index in [0.717, 1.165) is 0 Å². The lowest BCUT2D eigenvalue weighted by Gasteiger charge is -2.29. The molecule has 1 fully saturated rings. The lowest BCUT2D eigenvalue weighted by Crippen LogP contribution is -2.47. The van der Waals surface area contributed by atoms with Crippen LogP contribution in [0.5, 0.6) is 11.5 Å². The summed E-state index contributed by atoms with van der Waals surface area (Å²) in [6.45, 7) is -0.577. The average molecular weight is 515 g/mol. The van der Waals surface area contributed by atoms with E-state index in [0.29, 0.717) is 11.3 Å². The van der Waals surface area contributed by atoms with Gasteiger partial charge in [-0.25, -0.2) is 13.9 Å². The minimum atomic E-state index is -4.08. The van der Waals surface area contributed by atoms with Gasteiger partial charge in [-0.2, -0.15) is 9.97 Å². The minimum Gasteiger partial charge on any atom is -0.391 e. The number of nitrogens with zero attached hydrogens (tertiary/aromatic N) is 5. The number of alkyl halides is 2. The molecule has 182 valence electrons. The number of para-hydroxylation sites is 2. The number of phosphoric acid groups is 1. The number of imidazole rings is 1. The molecular weight excluding hydrogens is 494 g/mol. The maximum atomic E-state index is 15.4. The molecule has 1 aromatic carbocycles. The third kappa shape index (κ3) is 3.64. The average Bonchev–Trinajstić information content (AvgIpc) is 3.45. The van der Waals surface area contributed by atoms with Crippen molar-refractivity contribution in [3.8, 4) is 11.5 Å². The summed E-state index contributed by atoms with van der Waals surface area (Å²) in [6, 6.07) is 6.47. The Kier molecular flexibility index (Phi) is 5.57. The molecule has 2 aliphatic heterocycles. The van der Waals surface area contributed by atoms with Crippen LogP contribution in [0.2, 0.25) is 0 Å². The Morgan fingerprint density at radius 1 is 1.32 bits per heavy atom. The van der Waals surface area contributed by atoms with Gasteiger partial charge in [0.05, 0.1) is 18.8 Å². The van der Waals surface area contributed by atoms with Gasteiger partial charge < -0.3 is 29.5 Å². The first-order chi connectivity index (χ1) is 16.2. The third-order valence-corrected chi connectivity index (χ3v) is 7.29. The van der Waals surface area contributed by atoms with E-state index in [-0.39, 0.29) is 29.0 Å². The van der Waals surface area contributed by atoms with Gasteiger partial charge in [0.2, 0.25) is 5.95 Å². The van der Waals surface area contributed by atoms with Crippen molar-refractivity contribution in [1.82, 2.24) is 19.5 Å². The van der Waals surface area contributed by atoms with Gasteiger partial charge >= 0.3 is 7.82 Å². The van der Waals surface area contributed by atoms with Gasteiger partial charge in [0.25, 0.3) is 0 Å². The Morgan fingerprint density at radius 3 is 2.62 bits per heavy atom. The smallest absolute Gasteiger partial charge is 0.391 e. The summed E-state index contributed by atoms with van der Waals surface area (Å²) < 4.78 is 51.4. The normalized spacial score (nSPS) is 27.4. The number of phosphoric ester groups is 1. The number of nitrogens with two attached hydrogens (primary N) is 1. The first kappa shape index (κ1) is 23.1. The third-order valence-electron chi connectivity index (χ3n) is 5.55. The molecule has 0 saturated carbocycles. The zero-order chi connectivity index (χ0) is 24.3. The van der Waals surface area contributed by atoms with Crippen LogP contribution in [-0.2, 0) is 13.8 Å². The number of anilines is 2. The van der Waals surface area contributed by atoms with Crippen LogP contribution in [-0.4, -0.2) is 69.1 Å². The maximum absolute atomic E-state index is 15.4. The summed E-state index contributed by atoms with van der Waals surface area (Å²) >= 11 is 6.10. The van der Waals surface area contributed by atoms with Crippen molar-refractivity contribution >= 4 is 42.4 Å². The van der Waals surface area contributed by atoms with Crippen molar-refractivity contribution in [3.05, 3.63) is 30.6 Å². The molecular formula is C19H21ClFN6O6P. The molecule has 0 unspecified atom stereocenters. The molecule has 2 aromatic heterocycles. The quantitative estimate of drug-likeness (QED) is 0.368. The predicted octanol–water partition coefficient (Wildman–Crippen LogP) is 2.28. The van der Waals surface area contributed by atoms with E-state index in [2.05, 4.69) is 15.0 Å². The van der Waals surface area contributed by atoms with E-state index < -0.39 is 38.5 Å². The molecule has 0 bridgehead atoms. The molecule has 0 amide bonds. The Morgan fingerprint density at radius 2 is 2.00 bits per heavy atom. The molecule has 15 heteroatoms. The van der Waals surface area contributed by atoms with Crippen LogP contribution >= 0.6 is 19.4 Å². The summed E-state index contributed by atoms with van der Waals surface area (Å²) in [5.41, 5.74) is 4.61. The van der Waals surface area contributed by atoms with Crippen molar-refractivity contribution in [3.63, 3.8) is 0 Å². The summed E-state index contributed by atoms with van der Waals surface area (Å²) in [5.74, 6) is 0.463. The van der Waals surface area contributed by atoms with Crippen molar-refractivity contribution < 1.29 is 32.4 Å². The predicted molar refractivity (Wildman–Crippen MR) is 120 cm³/mol. The minimum absolute atomic E-state index is 0.0490. The van der Waals surface area contributed by atoms with E-state index in [1.807, 2.05) is 0 Å². The fourth-order valence-electron chi connectivity index (χ4n) is 3.82. The monoisotopic (exact) mass is 514 g/mol. The molecule has 3 N–H and O–H groups in total. The molecule has 0 radical (unpaired) electrons. The van der Waals surface area contributed by atoms with Crippen LogP contribution in [0.1, 0.15) is 6.23 Å². The van der Waals surface area contributed by atoms with Crippen molar-refractivity contribution in [1.29, 1.82) is 0 Å². The number of halogens is 2. The summed E-state index contributed by atoms with van der Waals surface area (Å²) in [5, 5.41) is 10.7. The van der Waals surface area contributed by atoms with E-state index in [4.69, 9.17) is 35.6 Å². The van der Waals surface area contributed by atoms with E-state index in [9.17, 15) is 9.67 Å². The number of ether oxygens (including phenoxy) is 1. The standard InChI is InChI=1S/C19H21ClFN6O6P/c1-26(2)15-13-16(25-18(22)24-15)27(9-23-13)17-12(21)14(28)19(7-20,31-17)8-30-34(29)32-10-5-3-4-6-11(10)33-34/h3-6,9,12,14,17,28H,7-8H2,1-2H3,(H2,22,24,25)/t12-,14+,17-,19-/m1/s1. The number of aliphatic hydroxyl groups excluding tert-OH is 1. The topological polar surface area (TPSA) is 147 Å². The number of rotatable bonds is 6. The number of nitrogen functional groups attached to an aromatic ring is 1. The largest absolute Gasteiger partial charge is 0.587 e. The summed E-state index contributed by atoms with van der Waals surface area (Å²) in [7, 11) is -0.589. The maximum Gasteiger partial charge on any atom is 0.587 e. The Bertz CT molecular complexity index is 1270. The zero-order valence-electron chi connectivity index (χ0n) is 18.0. The molecule has 4 atom stereocenters. The highest BCUT2D eigenvalue weighted by atomic mass is 35.5. The zero-order valence-corrected chi connectivity index (χ0v) is 19.7. The van der Waals surface area contributed by atoms with Crippen LogP contribution in [0.4, 0.5) is 16.2 Å². The highest BCUT2D eigenvalue weighted by Crippen LogP contribution is 2.59. The van der Waals surface area contributed by atoms with Gasteiger partial charge in [-0.15, -0.1) is 11.6 Å². The van der Waals surface area contributed by atoms with Crippen LogP contribution < -0.4 is 19.7 Å². The number of hydrogen-bond acceptors (Lipinski definition) is 11. The molecule has 3 aromatic rings. The van der Waals surface area contributed by atoms with E-state index >= 15 is 4.39 Å². The highest BCUT2D eigenvalue weighted by molar-refractivity contribution is 7.49. The second-order valence-electron chi connectivity index (χ2n) is 8.07. The first-order valence-electron chi connectivity index (χ1n) is 10.1. The Balaban J connectivity index is 1.42. The van der Waals surface area contributed by atoms with Gasteiger partial charge in [-0.1, -0.05) is 12.1 Å². The molecule has 0 aliphatic carbocycles. The van der Waals surface area contributed by atoms with Crippen molar-refractivity contribution in [2.45, 2.75) is 24.1 Å². The van der Waals surface area contributed by atoms with Gasteiger partial charge in [0.1, 0.15) is 11.7 Å². The van der Waals surface area contributed by atoms with Gasteiger partial charge in [-0.3, -0.25) is 9.09 Å². The van der Waals surface area contributed by atoms with E-state index in [1.165, 1.54) is 10.9 Å². The number of benzene rings is 1. The van der Waals surface area contributed by atoms with Crippen molar-refractivity contribution in [2.75, 3.05) is 37.2 Å². The molecule has 12 nitrogen and oxygen atoms in total. The molecule has 2 aliphatic rings. The number of aromatic nitrogens is 4. The van der Waals surface area contributed by atoms with Gasteiger partial charge in [-0.05, 0) is 12.1 Å². The Hall–Kier alpha value is -2.70. The van der Waals surface area contributed by atoms with Gasteiger partial charge in [0, 0.05) is 14.1 Å².